The summed E-state index contributed by atoms with van der Waals surface area (Å²) in [6, 6.07) is 10.8. The van der Waals surface area contributed by atoms with Gasteiger partial charge in [-0.3, -0.25) is 0 Å². The van der Waals surface area contributed by atoms with Gasteiger partial charge in [-0.05, 0) is 38.5 Å². The maximum Gasteiger partial charge on any atom is 0.565 e. The van der Waals surface area contributed by atoms with Crippen LogP contribution in [0.3, 0.4) is 0 Å². The third-order valence-corrected chi connectivity index (χ3v) is 6.17. The third-order valence-electron chi connectivity index (χ3n) is 3.17. The van der Waals surface area contributed by atoms with Crippen LogP contribution in [0.1, 0.15) is 32.3 Å². The molecule has 0 spiro atoms. The van der Waals surface area contributed by atoms with E-state index in [4.69, 9.17) is 19.0 Å². The highest BCUT2D eigenvalue weighted by Gasteiger charge is 2.42. The quantitative estimate of drug-likeness (QED) is 0.357. The SMILES string of the molecule is C=CCC(=Cc1ccccc1)O[Si](CCCN)(OCC)OCC. The summed E-state index contributed by atoms with van der Waals surface area (Å²) < 4.78 is 18.2. The van der Waals surface area contributed by atoms with Crippen LogP contribution in [0, 0.1) is 0 Å². The molecule has 2 N–H and O–H groups in total. The summed E-state index contributed by atoms with van der Waals surface area (Å²) in [5.74, 6) is 0.816. The molecule has 0 radical (unpaired) electrons. The highest BCUT2D eigenvalue weighted by atomic mass is 28.4. The maximum atomic E-state index is 6.29. The molecule has 0 aromatic heterocycles. The highest BCUT2D eigenvalue weighted by molar-refractivity contribution is 6.61. The lowest BCUT2D eigenvalue weighted by atomic mass is 10.2. The Balaban J connectivity index is 3.02. The Morgan fingerprint density at radius 2 is 1.83 bits per heavy atom. The first-order valence-electron chi connectivity index (χ1n) is 8.23. The summed E-state index contributed by atoms with van der Waals surface area (Å²) in [5, 5.41) is 0. The van der Waals surface area contributed by atoms with Gasteiger partial charge in [-0.25, -0.2) is 0 Å². The molecule has 1 rings (SSSR count). The average Bonchev–Trinajstić information content (AvgIpc) is 2.55. The molecule has 4 nitrogen and oxygen atoms in total. The number of hydrogen-bond acceptors (Lipinski definition) is 4. The van der Waals surface area contributed by atoms with Crippen LogP contribution in [-0.2, 0) is 13.3 Å². The standard InChI is InChI=1S/C18H29NO3Si/c1-4-11-18(16-17-12-8-7-9-13-17)22-23(20-5-2,21-6-3)15-10-14-19/h4,7-9,12-13,16H,1,5-6,10-11,14-15,19H2,2-3H3. The van der Waals surface area contributed by atoms with E-state index in [9.17, 15) is 0 Å². The molecule has 0 bridgehead atoms. The van der Waals surface area contributed by atoms with Crippen molar-refractivity contribution in [2.45, 2.75) is 32.7 Å². The Hall–Kier alpha value is -1.40. The number of benzene rings is 1. The molecular formula is C18H29NO3Si. The fraction of sp³-hybridized carbons (Fsp3) is 0.444. The Morgan fingerprint density at radius 1 is 1.17 bits per heavy atom. The lowest BCUT2D eigenvalue weighted by Gasteiger charge is -2.30. The molecular weight excluding hydrogens is 306 g/mol. The summed E-state index contributed by atoms with van der Waals surface area (Å²) in [4.78, 5) is 0. The van der Waals surface area contributed by atoms with Crippen LogP contribution in [0.25, 0.3) is 6.08 Å². The summed E-state index contributed by atoms with van der Waals surface area (Å²) in [6.07, 6.45) is 5.30. The number of nitrogens with two attached hydrogens (primary N) is 1. The van der Waals surface area contributed by atoms with Gasteiger partial charge in [-0.1, -0.05) is 36.4 Å². The van der Waals surface area contributed by atoms with Gasteiger partial charge < -0.3 is 19.0 Å². The van der Waals surface area contributed by atoms with Gasteiger partial charge in [0.15, 0.2) is 0 Å². The van der Waals surface area contributed by atoms with Gasteiger partial charge in [0.1, 0.15) is 0 Å². The molecule has 1 aromatic rings. The second kappa shape index (κ2) is 11.2. The second-order valence-corrected chi connectivity index (χ2v) is 7.70. The van der Waals surface area contributed by atoms with Gasteiger partial charge in [0.05, 0.1) is 5.76 Å². The van der Waals surface area contributed by atoms with Gasteiger partial charge >= 0.3 is 8.80 Å². The molecule has 1 aromatic carbocycles. The van der Waals surface area contributed by atoms with Gasteiger partial charge in [0.2, 0.25) is 0 Å². The Kier molecular flexibility index (Phi) is 9.55. The molecule has 5 heteroatoms. The minimum absolute atomic E-state index is 0.559. The number of hydrogen-bond donors (Lipinski definition) is 1. The summed E-state index contributed by atoms with van der Waals surface area (Å²) >= 11 is 0. The van der Waals surface area contributed by atoms with Gasteiger partial charge in [0, 0.05) is 25.7 Å². The molecule has 23 heavy (non-hydrogen) atoms. The second-order valence-electron chi connectivity index (χ2n) is 5.06. The van der Waals surface area contributed by atoms with Gasteiger partial charge in [0.25, 0.3) is 0 Å². The lowest BCUT2D eigenvalue weighted by molar-refractivity contribution is 0.0907. The van der Waals surface area contributed by atoms with E-state index in [-0.39, 0.29) is 0 Å². The minimum Gasteiger partial charge on any atom is -0.504 e. The van der Waals surface area contributed by atoms with Gasteiger partial charge in [-0.15, -0.1) is 6.58 Å². The van der Waals surface area contributed by atoms with Crippen molar-refractivity contribution in [1.29, 1.82) is 0 Å². The van der Waals surface area contributed by atoms with E-state index in [1.54, 1.807) is 0 Å². The molecule has 0 aliphatic heterocycles. The van der Waals surface area contributed by atoms with Crippen molar-refractivity contribution in [3.63, 3.8) is 0 Å². The molecule has 0 amide bonds. The van der Waals surface area contributed by atoms with Crippen molar-refractivity contribution in [2.75, 3.05) is 19.8 Å². The van der Waals surface area contributed by atoms with Crippen LogP contribution in [-0.4, -0.2) is 28.6 Å². The fourth-order valence-corrected chi connectivity index (χ4v) is 4.91. The molecule has 0 heterocycles. The van der Waals surface area contributed by atoms with E-state index in [1.807, 2.05) is 56.3 Å². The first kappa shape index (κ1) is 19.6. The largest absolute Gasteiger partial charge is 0.565 e. The van der Waals surface area contributed by atoms with Crippen LogP contribution >= 0.6 is 0 Å². The van der Waals surface area contributed by atoms with E-state index in [1.165, 1.54) is 0 Å². The smallest absolute Gasteiger partial charge is 0.504 e. The normalized spacial score (nSPS) is 12.2. The van der Waals surface area contributed by atoms with E-state index in [0.717, 1.165) is 17.7 Å². The molecule has 128 valence electrons. The van der Waals surface area contributed by atoms with E-state index in [2.05, 4.69) is 6.58 Å². The third kappa shape index (κ3) is 7.13. The molecule has 0 atom stereocenters. The Bertz CT molecular complexity index is 470. The monoisotopic (exact) mass is 335 g/mol. The van der Waals surface area contributed by atoms with Crippen LogP contribution in [0.5, 0.6) is 0 Å². The van der Waals surface area contributed by atoms with Crippen molar-refractivity contribution >= 4 is 14.9 Å². The number of allylic oxidation sites excluding steroid dienone is 1. The minimum atomic E-state index is -2.77. The Labute approximate surface area is 141 Å². The lowest BCUT2D eigenvalue weighted by Crippen LogP contribution is -2.46. The zero-order valence-electron chi connectivity index (χ0n) is 14.3. The maximum absolute atomic E-state index is 6.29. The fourth-order valence-electron chi connectivity index (χ4n) is 2.26. The molecule has 0 aliphatic carbocycles. The van der Waals surface area contributed by atoms with Crippen molar-refractivity contribution in [2.24, 2.45) is 5.73 Å². The van der Waals surface area contributed by atoms with Crippen molar-refractivity contribution in [1.82, 2.24) is 0 Å². The highest BCUT2D eigenvalue weighted by Crippen LogP contribution is 2.24. The van der Waals surface area contributed by atoms with E-state index in [0.29, 0.717) is 32.2 Å². The van der Waals surface area contributed by atoms with Gasteiger partial charge in [-0.2, -0.15) is 0 Å². The average molecular weight is 336 g/mol. The summed E-state index contributed by atoms with van der Waals surface area (Å²) in [5.41, 5.74) is 6.75. The molecule has 0 aliphatic rings. The number of rotatable bonds is 12. The van der Waals surface area contributed by atoms with Crippen LogP contribution in [0.15, 0.2) is 48.7 Å². The van der Waals surface area contributed by atoms with E-state index < -0.39 is 8.80 Å². The van der Waals surface area contributed by atoms with Crippen LogP contribution < -0.4 is 5.73 Å². The van der Waals surface area contributed by atoms with Crippen molar-refractivity contribution in [3.8, 4) is 0 Å². The predicted molar refractivity (Wildman–Crippen MR) is 97.8 cm³/mol. The molecule has 0 unspecified atom stereocenters. The van der Waals surface area contributed by atoms with Crippen LogP contribution in [0.2, 0.25) is 6.04 Å². The van der Waals surface area contributed by atoms with Crippen molar-refractivity contribution in [3.05, 3.63) is 54.3 Å². The first-order valence-corrected chi connectivity index (χ1v) is 10.2. The molecule has 0 saturated heterocycles. The summed E-state index contributed by atoms with van der Waals surface area (Å²) in [7, 11) is -2.77. The zero-order chi connectivity index (χ0) is 17.0. The zero-order valence-corrected chi connectivity index (χ0v) is 15.3. The molecule has 0 fully saturated rings. The first-order chi connectivity index (χ1) is 11.2. The van der Waals surface area contributed by atoms with Crippen molar-refractivity contribution < 1.29 is 13.3 Å². The van der Waals surface area contributed by atoms with Crippen LogP contribution in [0.4, 0.5) is 0 Å². The van der Waals surface area contributed by atoms with E-state index >= 15 is 0 Å². The summed E-state index contributed by atoms with van der Waals surface area (Å²) in [6.45, 7) is 9.45. The Morgan fingerprint density at radius 3 is 2.35 bits per heavy atom. The molecule has 0 saturated carbocycles. The topological polar surface area (TPSA) is 53.7 Å². The predicted octanol–water partition coefficient (Wildman–Crippen LogP) is 3.98.